The Balaban J connectivity index is 1.86. The third kappa shape index (κ3) is 2.44. The van der Waals surface area contributed by atoms with Gasteiger partial charge in [0.25, 0.3) is 0 Å². The molecule has 122 valence electrons. The molecule has 0 saturated heterocycles. The Morgan fingerprint density at radius 2 is 2.00 bits per heavy atom. The van der Waals surface area contributed by atoms with Crippen molar-refractivity contribution in [2.24, 2.45) is 0 Å². The van der Waals surface area contributed by atoms with Gasteiger partial charge in [-0.25, -0.2) is 4.98 Å². The molecule has 24 heavy (non-hydrogen) atoms. The second-order valence-electron chi connectivity index (χ2n) is 6.91. The Morgan fingerprint density at radius 1 is 1.21 bits per heavy atom. The van der Waals surface area contributed by atoms with Gasteiger partial charge in [-0.05, 0) is 50.0 Å². The summed E-state index contributed by atoms with van der Waals surface area (Å²) in [5, 5.41) is 0. The summed E-state index contributed by atoms with van der Waals surface area (Å²) in [6, 6.07) is 6.47. The van der Waals surface area contributed by atoms with Crippen LogP contribution < -0.4 is 0 Å². The van der Waals surface area contributed by atoms with Gasteiger partial charge in [0, 0.05) is 35.1 Å². The molecule has 0 atom stereocenters. The Morgan fingerprint density at radius 3 is 2.75 bits per heavy atom. The zero-order valence-electron chi connectivity index (χ0n) is 14.4. The fourth-order valence-electron chi connectivity index (χ4n) is 3.88. The first kappa shape index (κ1) is 15.1. The largest absolute Gasteiger partial charge is 0.303 e. The molecular weight excluding hydrogens is 294 g/mol. The number of nitrogens with zero attached hydrogens (tertiary/aromatic N) is 3. The number of aryl methyl sites for hydroxylation is 1. The van der Waals surface area contributed by atoms with Gasteiger partial charge >= 0.3 is 0 Å². The zero-order valence-corrected chi connectivity index (χ0v) is 14.4. The molecule has 0 amide bonds. The minimum Gasteiger partial charge on any atom is -0.303 e. The smallest absolute Gasteiger partial charge is 0.116 e. The van der Waals surface area contributed by atoms with Crippen LogP contribution in [0.2, 0.25) is 0 Å². The quantitative estimate of drug-likeness (QED) is 0.648. The van der Waals surface area contributed by atoms with Crippen LogP contribution in [0.1, 0.15) is 55.6 Å². The molecule has 0 aromatic carbocycles. The Kier molecular flexibility index (Phi) is 3.72. The van der Waals surface area contributed by atoms with E-state index in [2.05, 4.69) is 40.4 Å². The fourth-order valence-corrected chi connectivity index (χ4v) is 3.88. The molecule has 1 aliphatic carbocycles. The van der Waals surface area contributed by atoms with Crippen molar-refractivity contribution in [2.45, 2.75) is 45.4 Å². The van der Waals surface area contributed by atoms with Crippen LogP contribution in [0, 0.1) is 6.92 Å². The topological polar surface area (TPSA) is 30.2 Å². The number of hydrogen-bond acceptors (Lipinski definition) is 2. The second kappa shape index (κ2) is 5.90. The van der Waals surface area contributed by atoms with Gasteiger partial charge in [0.1, 0.15) is 5.82 Å². The van der Waals surface area contributed by atoms with E-state index in [0.29, 0.717) is 5.92 Å². The van der Waals surface area contributed by atoms with Crippen molar-refractivity contribution >= 4 is 11.1 Å². The molecular formula is C21H23N3. The van der Waals surface area contributed by atoms with Crippen LogP contribution in [0.4, 0.5) is 0 Å². The van der Waals surface area contributed by atoms with Crippen molar-refractivity contribution in [3.8, 4) is 11.1 Å². The van der Waals surface area contributed by atoms with Crippen LogP contribution in [0.5, 0.6) is 0 Å². The number of rotatable bonds is 3. The van der Waals surface area contributed by atoms with Gasteiger partial charge in [-0.3, -0.25) is 4.98 Å². The van der Waals surface area contributed by atoms with E-state index < -0.39 is 0 Å². The summed E-state index contributed by atoms with van der Waals surface area (Å²) in [6.45, 7) is 8.15. The highest BCUT2D eigenvalue weighted by molar-refractivity contribution is 5.81. The fraction of sp³-hybridized carbons (Fsp3) is 0.333. The summed E-state index contributed by atoms with van der Waals surface area (Å²) in [7, 11) is 0. The first-order chi connectivity index (χ1) is 11.6. The second-order valence-corrected chi connectivity index (χ2v) is 6.91. The maximum Gasteiger partial charge on any atom is 0.116 e. The minimum atomic E-state index is 0.602. The molecule has 1 fully saturated rings. The first-order valence-corrected chi connectivity index (χ1v) is 8.74. The van der Waals surface area contributed by atoms with Gasteiger partial charge in [0.15, 0.2) is 0 Å². The van der Waals surface area contributed by atoms with Gasteiger partial charge in [0.05, 0.1) is 11.7 Å². The molecule has 3 heteroatoms. The summed E-state index contributed by atoms with van der Waals surface area (Å²) in [4.78, 5) is 9.34. The van der Waals surface area contributed by atoms with Crippen LogP contribution >= 0.6 is 0 Å². The van der Waals surface area contributed by atoms with E-state index in [1.165, 1.54) is 37.1 Å². The first-order valence-electron chi connectivity index (χ1n) is 8.74. The van der Waals surface area contributed by atoms with E-state index in [4.69, 9.17) is 4.98 Å². The highest BCUT2D eigenvalue weighted by Crippen LogP contribution is 2.35. The molecule has 1 aliphatic rings. The van der Waals surface area contributed by atoms with Gasteiger partial charge < -0.3 is 4.40 Å². The van der Waals surface area contributed by atoms with E-state index in [1.807, 2.05) is 26.2 Å². The maximum atomic E-state index is 4.76. The Labute approximate surface area is 143 Å². The van der Waals surface area contributed by atoms with E-state index in [0.717, 1.165) is 27.9 Å². The van der Waals surface area contributed by atoms with Gasteiger partial charge in [-0.15, -0.1) is 0 Å². The lowest BCUT2D eigenvalue weighted by molar-refractivity contribution is 0.665. The predicted octanol–water partition coefficient (Wildman–Crippen LogP) is 5.40. The monoisotopic (exact) mass is 317 g/mol. The minimum absolute atomic E-state index is 0.602. The molecule has 0 N–H and O–H groups in total. The van der Waals surface area contributed by atoms with Crippen molar-refractivity contribution in [2.75, 3.05) is 0 Å². The molecule has 3 heterocycles. The molecule has 0 radical (unpaired) electrons. The molecule has 0 aliphatic heterocycles. The van der Waals surface area contributed by atoms with Crippen LogP contribution in [0.15, 0.2) is 43.4 Å². The number of pyridine rings is 2. The van der Waals surface area contributed by atoms with Crippen molar-refractivity contribution in [3.05, 3.63) is 60.5 Å². The van der Waals surface area contributed by atoms with Crippen molar-refractivity contribution in [1.82, 2.24) is 14.4 Å². The lowest BCUT2D eigenvalue weighted by Gasteiger charge is -2.11. The molecule has 1 saturated carbocycles. The van der Waals surface area contributed by atoms with Crippen LogP contribution in [-0.4, -0.2) is 14.4 Å². The highest BCUT2D eigenvalue weighted by Gasteiger charge is 2.22. The zero-order chi connectivity index (χ0) is 16.7. The molecule has 3 nitrogen and oxygen atoms in total. The number of fused-ring (bicyclic) bond motifs is 1. The maximum absolute atomic E-state index is 4.76. The SMILES string of the molecule is C=C(C)c1cc(-c2cccn3c(C4CCCC4)ncc23)cnc1C. The van der Waals surface area contributed by atoms with Crippen LogP contribution in [0.25, 0.3) is 22.2 Å². The van der Waals surface area contributed by atoms with Crippen molar-refractivity contribution in [1.29, 1.82) is 0 Å². The highest BCUT2D eigenvalue weighted by atomic mass is 15.0. The van der Waals surface area contributed by atoms with Gasteiger partial charge in [-0.2, -0.15) is 0 Å². The lowest BCUT2D eigenvalue weighted by Crippen LogP contribution is -2.00. The standard InChI is InChI=1S/C21H23N3/c1-14(2)19-11-17(12-22-15(19)3)18-9-6-10-24-20(18)13-23-21(24)16-7-4-5-8-16/h6,9-13,16H,1,4-5,7-8H2,2-3H3. The Bertz CT molecular complexity index is 914. The summed E-state index contributed by atoms with van der Waals surface area (Å²) in [6.07, 6.45) is 11.3. The summed E-state index contributed by atoms with van der Waals surface area (Å²) < 4.78 is 2.27. The molecule has 3 aromatic rings. The number of allylic oxidation sites excluding steroid dienone is 1. The molecule has 4 rings (SSSR count). The van der Waals surface area contributed by atoms with E-state index in [9.17, 15) is 0 Å². The van der Waals surface area contributed by atoms with Crippen molar-refractivity contribution in [3.63, 3.8) is 0 Å². The summed E-state index contributed by atoms with van der Waals surface area (Å²) in [5.41, 5.74) is 6.68. The van der Waals surface area contributed by atoms with Crippen LogP contribution in [0.3, 0.4) is 0 Å². The number of aromatic nitrogens is 3. The third-order valence-electron chi connectivity index (χ3n) is 5.18. The van der Waals surface area contributed by atoms with Crippen molar-refractivity contribution < 1.29 is 0 Å². The van der Waals surface area contributed by atoms with Gasteiger partial charge in [0.2, 0.25) is 0 Å². The van der Waals surface area contributed by atoms with Gasteiger partial charge in [-0.1, -0.05) is 25.5 Å². The van der Waals surface area contributed by atoms with E-state index >= 15 is 0 Å². The molecule has 0 bridgehead atoms. The average Bonchev–Trinajstić information content (AvgIpc) is 3.23. The molecule has 0 unspecified atom stereocenters. The third-order valence-corrected chi connectivity index (χ3v) is 5.18. The average molecular weight is 317 g/mol. The number of imidazole rings is 1. The summed E-state index contributed by atoms with van der Waals surface area (Å²) in [5.74, 6) is 1.81. The lowest BCUT2D eigenvalue weighted by atomic mass is 10.0. The van der Waals surface area contributed by atoms with Crippen LogP contribution in [-0.2, 0) is 0 Å². The number of hydrogen-bond donors (Lipinski definition) is 0. The molecule has 0 spiro atoms. The normalized spacial score (nSPS) is 15.2. The Hall–Kier alpha value is -2.42. The molecule has 3 aromatic heterocycles. The van der Waals surface area contributed by atoms with E-state index in [1.54, 1.807) is 0 Å². The van der Waals surface area contributed by atoms with E-state index in [-0.39, 0.29) is 0 Å². The predicted molar refractivity (Wildman–Crippen MR) is 99.1 cm³/mol. The summed E-state index contributed by atoms with van der Waals surface area (Å²) >= 11 is 0.